The zero-order valence-corrected chi connectivity index (χ0v) is 14.3. The molecule has 1 amide bonds. The molecule has 0 spiro atoms. The second-order valence-electron chi connectivity index (χ2n) is 6.35. The molecule has 2 fully saturated rings. The molecule has 0 bridgehead atoms. The second kappa shape index (κ2) is 8.96. The molecule has 23 heavy (non-hydrogen) atoms. The summed E-state index contributed by atoms with van der Waals surface area (Å²) in [4.78, 5) is 17.9. The second-order valence-corrected chi connectivity index (χ2v) is 6.35. The first-order chi connectivity index (χ1) is 11.1. The fraction of sp³-hybridized carbons (Fsp3) is 0.875. The molecule has 7 heteroatoms. The Labute approximate surface area is 138 Å². The Hall–Kier alpha value is -1.50. The molecule has 0 aromatic rings. The summed E-state index contributed by atoms with van der Waals surface area (Å²) in [6, 6.07) is 0.308. The average molecular weight is 326 g/mol. The van der Waals surface area contributed by atoms with Crippen LogP contribution in [-0.2, 0) is 4.74 Å². The lowest BCUT2D eigenvalue weighted by Gasteiger charge is -2.32. The van der Waals surface area contributed by atoms with Gasteiger partial charge < -0.3 is 25.4 Å². The zero-order chi connectivity index (χ0) is 16.7. The van der Waals surface area contributed by atoms with Crippen LogP contribution >= 0.6 is 0 Å². The number of amides is 1. The van der Waals surface area contributed by atoms with Crippen LogP contribution in [0.25, 0.3) is 0 Å². The molecule has 1 saturated heterocycles. The Bertz CT molecular complexity index is 408. The normalized spacial score (nSPS) is 26.2. The Morgan fingerprint density at radius 2 is 2.04 bits per heavy atom. The molecule has 2 atom stereocenters. The Morgan fingerprint density at radius 1 is 1.30 bits per heavy atom. The number of hydrogen-bond donors (Lipinski definition) is 3. The number of nitrogens with zero attached hydrogens (tertiary/aromatic N) is 2. The van der Waals surface area contributed by atoms with Gasteiger partial charge in [0.2, 0.25) is 0 Å². The van der Waals surface area contributed by atoms with E-state index in [1.807, 2.05) is 6.92 Å². The van der Waals surface area contributed by atoms with E-state index in [1.165, 1.54) is 7.11 Å². The van der Waals surface area contributed by atoms with Crippen LogP contribution < -0.4 is 10.6 Å². The molecule has 0 radical (unpaired) electrons. The van der Waals surface area contributed by atoms with Crippen LogP contribution in [0.1, 0.15) is 39.0 Å². The number of ether oxygens (including phenoxy) is 1. The number of rotatable bonds is 4. The third kappa shape index (κ3) is 5.27. The van der Waals surface area contributed by atoms with Gasteiger partial charge in [-0.3, -0.25) is 4.99 Å². The highest BCUT2D eigenvalue weighted by Gasteiger charge is 2.26. The lowest BCUT2D eigenvalue weighted by molar-refractivity contribution is 0.111. The molecule has 1 aliphatic carbocycles. The number of methoxy groups -OCH3 is 1. The average Bonchev–Trinajstić information content (AvgIpc) is 2.98. The maximum absolute atomic E-state index is 11.5. The Kier molecular flexibility index (Phi) is 6.95. The molecule has 0 aromatic heterocycles. The van der Waals surface area contributed by atoms with E-state index in [-0.39, 0.29) is 18.1 Å². The highest BCUT2D eigenvalue weighted by atomic mass is 16.5. The summed E-state index contributed by atoms with van der Waals surface area (Å²) in [5.74, 6) is 1.09. The van der Waals surface area contributed by atoms with Crippen molar-refractivity contribution in [2.24, 2.45) is 10.9 Å². The van der Waals surface area contributed by atoms with Crippen molar-refractivity contribution in [3.05, 3.63) is 0 Å². The maximum atomic E-state index is 11.5. The number of carbonyl (C=O) groups excluding carboxylic acids is 1. The fourth-order valence-electron chi connectivity index (χ4n) is 3.29. The molecule has 1 aliphatic heterocycles. The van der Waals surface area contributed by atoms with Crippen LogP contribution in [0.3, 0.4) is 0 Å². The van der Waals surface area contributed by atoms with E-state index in [2.05, 4.69) is 15.6 Å². The van der Waals surface area contributed by atoms with Gasteiger partial charge in [0.05, 0.1) is 13.2 Å². The van der Waals surface area contributed by atoms with Crippen molar-refractivity contribution in [2.75, 3.05) is 33.3 Å². The fourth-order valence-corrected chi connectivity index (χ4v) is 3.29. The number of aliphatic hydroxyl groups is 1. The molecule has 3 N–H and O–H groups in total. The molecule has 2 unspecified atom stereocenters. The van der Waals surface area contributed by atoms with Gasteiger partial charge in [0.1, 0.15) is 0 Å². The van der Waals surface area contributed by atoms with E-state index in [0.29, 0.717) is 25.7 Å². The first kappa shape index (κ1) is 17.8. The highest BCUT2D eigenvalue weighted by Crippen LogP contribution is 2.25. The molecule has 1 saturated carbocycles. The summed E-state index contributed by atoms with van der Waals surface area (Å²) in [6.07, 6.45) is 4.36. The van der Waals surface area contributed by atoms with Gasteiger partial charge in [-0.1, -0.05) is 6.42 Å². The summed E-state index contributed by atoms with van der Waals surface area (Å²) in [7, 11) is 1.42. The first-order valence-corrected chi connectivity index (χ1v) is 8.69. The molecule has 7 nitrogen and oxygen atoms in total. The van der Waals surface area contributed by atoms with Gasteiger partial charge in [-0.2, -0.15) is 0 Å². The van der Waals surface area contributed by atoms with Crippen molar-refractivity contribution < 1.29 is 14.6 Å². The Balaban J connectivity index is 1.81. The molecule has 1 heterocycles. The van der Waals surface area contributed by atoms with Gasteiger partial charge in [-0.25, -0.2) is 4.79 Å². The topological polar surface area (TPSA) is 86.2 Å². The van der Waals surface area contributed by atoms with E-state index in [9.17, 15) is 9.90 Å². The van der Waals surface area contributed by atoms with Crippen LogP contribution in [0.4, 0.5) is 4.79 Å². The number of carbonyl (C=O) groups is 1. The van der Waals surface area contributed by atoms with Crippen LogP contribution in [0, 0.1) is 5.92 Å². The van der Waals surface area contributed by atoms with Crippen molar-refractivity contribution in [1.82, 2.24) is 15.5 Å². The van der Waals surface area contributed by atoms with Crippen molar-refractivity contribution in [2.45, 2.75) is 51.2 Å². The molecule has 2 rings (SSSR count). The minimum atomic E-state index is -0.251. The molecule has 2 aliphatic rings. The number of nitrogens with one attached hydrogen (secondary N) is 2. The van der Waals surface area contributed by atoms with E-state index < -0.39 is 0 Å². The van der Waals surface area contributed by atoms with Gasteiger partial charge in [-0.15, -0.1) is 0 Å². The minimum absolute atomic E-state index is 0.204. The summed E-state index contributed by atoms with van der Waals surface area (Å²) in [5, 5.41) is 16.6. The lowest BCUT2D eigenvalue weighted by atomic mass is 10.1. The van der Waals surface area contributed by atoms with Crippen LogP contribution in [0.2, 0.25) is 0 Å². The monoisotopic (exact) mass is 326 g/mol. The first-order valence-electron chi connectivity index (χ1n) is 8.69. The molecule has 132 valence electrons. The number of likely N-dealkylation sites (tertiary alicyclic amines) is 1. The quantitative estimate of drug-likeness (QED) is 0.529. The van der Waals surface area contributed by atoms with Gasteiger partial charge >= 0.3 is 6.09 Å². The van der Waals surface area contributed by atoms with E-state index in [1.54, 1.807) is 4.90 Å². The van der Waals surface area contributed by atoms with Crippen molar-refractivity contribution in [3.63, 3.8) is 0 Å². The largest absolute Gasteiger partial charge is 0.453 e. The third-order valence-corrected chi connectivity index (χ3v) is 4.72. The van der Waals surface area contributed by atoms with Gasteiger partial charge in [0.15, 0.2) is 5.96 Å². The number of hydrogen-bond acceptors (Lipinski definition) is 4. The number of aliphatic imine (C=N–C) groups is 1. The summed E-state index contributed by atoms with van der Waals surface area (Å²) < 4.78 is 4.76. The molecular weight excluding hydrogens is 296 g/mol. The number of guanidine groups is 1. The van der Waals surface area contributed by atoms with E-state index in [4.69, 9.17) is 4.74 Å². The minimum Gasteiger partial charge on any atom is -0.453 e. The third-order valence-electron chi connectivity index (χ3n) is 4.72. The zero-order valence-electron chi connectivity index (χ0n) is 14.3. The smallest absolute Gasteiger partial charge is 0.409 e. The summed E-state index contributed by atoms with van der Waals surface area (Å²) in [6.45, 7) is 4.91. The van der Waals surface area contributed by atoms with Crippen LogP contribution in [0.5, 0.6) is 0 Å². The van der Waals surface area contributed by atoms with Gasteiger partial charge in [0.25, 0.3) is 0 Å². The molecular formula is C16H30N4O3. The van der Waals surface area contributed by atoms with Crippen LogP contribution in [-0.4, -0.2) is 67.5 Å². The van der Waals surface area contributed by atoms with Crippen molar-refractivity contribution >= 4 is 12.1 Å². The lowest BCUT2D eigenvalue weighted by Crippen LogP contribution is -2.50. The van der Waals surface area contributed by atoms with Crippen molar-refractivity contribution in [3.8, 4) is 0 Å². The molecule has 0 aromatic carbocycles. The summed E-state index contributed by atoms with van der Waals surface area (Å²) in [5.41, 5.74) is 0. The van der Waals surface area contributed by atoms with Crippen molar-refractivity contribution in [1.29, 1.82) is 0 Å². The highest BCUT2D eigenvalue weighted by molar-refractivity contribution is 5.80. The van der Waals surface area contributed by atoms with Gasteiger partial charge in [0, 0.05) is 38.1 Å². The Morgan fingerprint density at radius 3 is 2.61 bits per heavy atom. The standard InChI is InChI=1S/C16H30N4O3/c1-3-17-15(18-11-12-5-4-6-14(12)21)19-13-7-9-20(10-8-13)16(22)23-2/h12-14,21H,3-11H2,1-2H3,(H2,17,18,19). The van der Waals surface area contributed by atoms with Gasteiger partial charge in [-0.05, 0) is 32.6 Å². The predicted octanol–water partition coefficient (Wildman–Crippen LogP) is 0.933. The summed E-state index contributed by atoms with van der Waals surface area (Å²) >= 11 is 0. The predicted molar refractivity (Wildman–Crippen MR) is 89.5 cm³/mol. The number of aliphatic hydroxyl groups excluding tert-OH is 1. The maximum Gasteiger partial charge on any atom is 0.409 e. The van der Waals surface area contributed by atoms with E-state index in [0.717, 1.165) is 44.6 Å². The number of piperidine rings is 1. The SMILES string of the molecule is CCNC(=NCC1CCCC1O)NC1CCN(C(=O)OC)CC1. The van der Waals surface area contributed by atoms with Crippen LogP contribution in [0.15, 0.2) is 4.99 Å². The van der Waals surface area contributed by atoms with E-state index >= 15 is 0 Å².